The molecule has 2 atom stereocenters. The molecule has 2 aromatic rings. The zero-order chi connectivity index (χ0) is 19.0. The molecule has 0 saturated carbocycles. The summed E-state index contributed by atoms with van der Waals surface area (Å²) in [6.45, 7) is 1.91. The molecule has 27 heavy (non-hydrogen) atoms. The van der Waals surface area contributed by atoms with Crippen LogP contribution < -0.4 is 0 Å². The molecule has 2 unspecified atom stereocenters. The fourth-order valence-electron chi connectivity index (χ4n) is 4.44. The van der Waals surface area contributed by atoms with Crippen LogP contribution in [0.3, 0.4) is 0 Å². The summed E-state index contributed by atoms with van der Waals surface area (Å²) >= 11 is 0. The molecular weight excluding hydrogens is 358 g/mol. The van der Waals surface area contributed by atoms with Crippen molar-refractivity contribution in [1.82, 2.24) is 4.90 Å². The molecule has 1 N–H and O–H groups in total. The summed E-state index contributed by atoms with van der Waals surface area (Å²) in [5.74, 6) is 0. The van der Waals surface area contributed by atoms with Crippen LogP contribution in [0, 0.1) is 0 Å². The highest BCUT2D eigenvalue weighted by atomic mass is 32.2. The van der Waals surface area contributed by atoms with E-state index < -0.39 is 9.84 Å². The van der Waals surface area contributed by atoms with Gasteiger partial charge in [0.05, 0.1) is 11.0 Å². The van der Waals surface area contributed by atoms with Crippen molar-refractivity contribution in [3.05, 3.63) is 53.6 Å². The number of fused-ring (bicyclic) bond motifs is 1. The van der Waals surface area contributed by atoms with E-state index in [0.29, 0.717) is 10.9 Å². The molecule has 0 bridgehead atoms. The Morgan fingerprint density at radius 3 is 2.44 bits per heavy atom. The van der Waals surface area contributed by atoms with Crippen molar-refractivity contribution in [2.45, 2.75) is 49.1 Å². The number of aliphatic hydroxyl groups excluding tert-OH is 1. The summed E-state index contributed by atoms with van der Waals surface area (Å²) in [6.07, 6.45) is 6.33. The number of aliphatic hydroxyl groups is 1. The molecule has 2 aliphatic rings. The minimum Gasteiger partial charge on any atom is -0.392 e. The highest BCUT2D eigenvalue weighted by molar-refractivity contribution is 7.90. The van der Waals surface area contributed by atoms with Crippen molar-refractivity contribution in [3.63, 3.8) is 0 Å². The minimum absolute atomic E-state index is 0.169. The van der Waals surface area contributed by atoms with Crippen LogP contribution in [-0.4, -0.2) is 49.9 Å². The van der Waals surface area contributed by atoms with Crippen LogP contribution in [0.15, 0.2) is 47.4 Å². The quantitative estimate of drug-likeness (QED) is 0.882. The van der Waals surface area contributed by atoms with Crippen molar-refractivity contribution in [2.75, 3.05) is 19.3 Å². The second kappa shape index (κ2) is 7.38. The van der Waals surface area contributed by atoms with Crippen molar-refractivity contribution in [2.24, 2.45) is 0 Å². The Morgan fingerprint density at radius 1 is 1.00 bits per heavy atom. The summed E-state index contributed by atoms with van der Waals surface area (Å²) < 4.78 is 23.3. The maximum Gasteiger partial charge on any atom is 0.175 e. The summed E-state index contributed by atoms with van der Waals surface area (Å²) in [5.41, 5.74) is 4.99. The SMILES string of the molecule is CS(=O)(=O)c1ccc(-c2ccc3c(c2)CCC(N2CCCC(O)C2)C3)cc1. The van der Waals surface area contributed by atoms with Gasteiger partial charge in [-0.25, -0.2) is 8.42 Å². The van der Waals surface area contributed by atoms with Crippen LogP contribution in [0.5, 0.6) is 0 Å². The van der Waals surface area contributed by atoms with Crippen molar-refractivity contribution in [1.29, 1.82) is 0 Å². The zero-order valence-corrected chi connectivity index (χ0v) is 16.6. The molecule has 1 heterocycles. The average Bonchev–Trinajstić information content (AvgIpc) is 2.66. The molecule has 1 aliphatic carbocycles. The minimum atomic E-state index is -3.16. The smallest absolute Gasteiger partial charge is 0.175 e. The van der Waals surface area contributed by atoms with Gasteiger partial charge in [0.25, 0.3) is 0 Å². The Morgan fingerprint density at radius 2 is 1.74 bits per heavy atom. The van der Waals surface area contributed by atoms with Crippen molar-refractivity contribution in [3.8, 4) is 11.1 Å². The largest absolute Gasteiger partial charge is 0.392 e. The van der Waals surface area contributed by atoms with E-state index in [1.165, 1.54) is 17.4 Å². The molecule has 4 nitrogen and oxygen atoms in total. The lowest BCUT2D eigenvalue weighted by atomic mass is 9.85. The van der Waals surface area contributed by atoms with Crippen molar-refractivity contribution >= 4 is 9.84 Å². The van der Waals surface area contributed by atoms with E-state index in [2.05, 4.69) is 23.1 Å². The molecule has 0 radical (unpaired) electrons. The summed E-state index contributed by atoms with van der Waals surface area (Å²) in [7, 11) is -3.16. The normalized spacial score (nSPS) is 23.8. The average molecular weight is 386 g/mol. The molecular formula is C22H27NO3S. The standard InChI is InChI=1S/C22H27NO3S/c1-27(25,26)22-10-7-16(8-11-22)17-4-5-19-14-20(9-6-18(19)13-17)23-12-2-3-21(24)15-23/h4-5,7-8,10-11,13,20-21,24H,2-3,6,9,12,14-15H2,1H3. The number of aryl methyl sites for hydroxylation is 1. The zero-order valence-electron chi connectivity index (χ0n) is 15.8. The molecule has 0 spiro atoms. The highest BCUT2D eigenvalue weighted by Gasteiger charge is 2.28. The first kappa shape index (κ1) is 18.7. The first-order valence-corrected chi connectivity index (χ1v) is 11.6. The van der Waals surface area contributed by atoms with Gasteiger partial charge in [-0.2, -0.15) is 0 Å². The van der Waals surface area contributed by atoms with E-state index in [9.17, 15) is 13.5 Å². The van der Waals surface area contributed by atoms with Crippen LogP contribution in [0.25, 0.3) is 11.1 Å². The van der Waals surface area contributed by atoms with Gasteiger partial charge in [0.2, 0.25) is 0 Å². The van der Waals surface area contributed by atoms with Crippen molar-refractivity contribution < 1.29 is 13.5 Å². The Balaban J connectivity index is 1.52. The number of likely N-dealkylation sites (tertiary alicyclic amines) is 1. The maximum absolute atomic E-state index is 11.6. The Hall–Kier alpha value is -1.69. The van der Waals surface area contributed by atoms with Crippen LogP contribution in [0.4, 0.5) is 0 Å². The van der Waals surface area contributed by atoms with Gasteiger partial charge in [-0.15, -0.1) is 0 Å². The molecule has 1 saturated heterocycles. The van der Waals surface area contributed by atoms with Crippen LogP contribution in [-0.2, 0) is 22.7 Å². The van der Waals surface area contributed by atoms with Gasteiger partial charge in [0.15, 0.2) is 9.84 Å². The van der Waals surface area contributed by atoms with E-state index in [-0.39, 0.29) is 6.10 Å². The summed E-state index contributed by atoms with van der Waals surface area (Å²) in [4.78, 5) is 2.82. The third kappa shape index (κ3) is 4.10. The Kier molecular flexibility index (Phi) is 5.10. The number of nitrogens with zero attached hydrogens (tertiary/aromatic N) is 1. The number of sulfone groups is 1. The van der Waals surface area contributed by atoms with Gasteiger partial charge in [-0.3, -0.25) is 4.90 Å². The predicted molar refractivity (Wildman–Crippen MR) is 108 cm³/mol. The van der Waals surface area contributed by atoms with E-state index in [1.54, 1.807) is 12.1 Å². The van der Waals surface area contributed by atoms with Crippen LogP contribution in [0.2, 0.25) is 0 Å². The summed E-state index contributed by atoms with van der Waals surface area (Å²) in [6, 6.07) is 14.3. The first-order valence-electron chi connectivity index (χ1n) is 9.74. The number of rotatable bonds is 3. The van der Waals surface area contributed by atoms with Gasteiger partial charge in [-0.05, 0) is 73.0 Å². The van der Waals surface area contributed by atoms with Gasteiger partial charge in [0, 0.05) is 18.8 Å². The lowest BCUT2D eigenvalue weighted by Crippen LogP contribution is -2.46. The molecule has 4 rings (SSSR count). The molecule has 5 heteroatoms. The third-order valence-electron chi connectivity index (χ3n) is 5.97. The van der Waals surface area contributed by atoms with Crippen LogP contribution >= 0.6 is 0 Å². The third-order valence-corrected chi connectivity index (χ3v) is 7.10. The predicted octanol–water partition coefficient (Wildman–Crippen LogP) is 3.07. The number of piperidine rings is 1. The molecule has 0 amide bonds. The fraction of sp³-hybridized carbons (Fsp3) is 0.455. The van der Waals surface area contributed by atoms with Gasteiger partial charge >= 0.3 is 0 Å². The lowest BCUT2D eigenvalue weighted by molar-refractivity contribution is 0.0427. The Labute approximate surface area is 161 Å². The van der Waals surface area contributed by atoms with Crippen LogP contribution in [0.1, 0.15) is 30.4 Å². The topological polar surface area (TPSA) is 57.6 Å². The van der Waals surface area contributed by atoms with E-state index >= 15 is 0 Å². The number of hydrogen-bond acceptors (Lipinski definition) is 4. The molecule has 1 fully saturated rings. The van der Waals surface area contributed by atoms with Gasteiger partial charge in [-0.1, -0.05) is 30.3 Å². The second-order valence-corrected chi connectivity index (χ2v) is 9.98. The lowest BCUT2D eigenvalue weighted by Gasteiger charge is -2.39. The fourth-order valence-corrected chi connectivity index (χ4v) is 5.07. The number of β-amino-alcohol motifs (C(OH)–C–C–N with tert-alkyl or cyclic N) is 1. The number of benzene rings is 2. The summed E-state index contributed by atoms with van der Waals surface area (Å²) in [5, 5.41) is 9.96. The molecule has 0 aromatic heterocycles. The van der Waals surface area contributed by atoms with E-state index in [4.69, 9.17) is 0 Å². The van der Waals surface area contributed by atoms with E-state index in [1.807, 2.05) is 12.1 Å². The second-order valence-electron chi connectivity index (χ2n) is 7.97. The highest BCUT2D eigenvalue weighted by Crippen LogP contribution is 2.30. The molecule has 2 aromatic carbocycles. The monoisotopic (exact) mass is 385 g/mol. The molecule has 1 aliphatic heterocycles. The maximum atomic E-state index is 11.6. The Bertz CT molecular complexity index is 921. The first-order chi connectivity index (χ1) is 12.9. The molecule has 144 valence electrons. The van der Waals surface area contributed by atoms with E-state index in [0.717, 1.165) is 56.3 Å². The number of hydrogen-bond donors (Lipinski definition) is 1. The van der Waals surface area contributed by atoms with Gasteiger partial charge < -0.3 is 5.11 Å². The van der Waals surface area contributed by atoms with Gasteiger partial charge in [0.1, 0.15) is 0 Å².